The quantitative estimate of drug-likeness (QED) is 0.411. The summed E-state index contributed by atoms with van der Waals surface area (Å²) in [6.45, 7) is 3.59. The van der Waals surface area contributed by atoms with Gasteiger partial charge in [-0.25, -0.2) is 4.98 Å². The smallest absolute Gasteiger partial charge is 0.191 e. The number of aryl methyl sites for hydroxylation is 1. The van der Waals surface area contributed by atoms with Crippen LogP contribution in [0.3, 0.4) is 0 Å². The van der Waals surface area contributed by atoms with Crippen LogP contribution in [0.1, 0.15) is 31.0 Å². The summed E-state index contributed by atoms with van der Waals surface area (Å²) >= 11 is 0. The lowest BCUT2D eigenvalue weighted by Gasteiger charge is -2.07. The number of nitrogens with zero attached hydrogens (tertiary/aromatic N) is 1. The third-order valence-corrected chi connectivity index (χ3v) is 1.68. The molecule has 4 nitrogen and oxygen atoms in total. The zero-order valence-electron chi connectivity index (χ0n) is 7.79. The van der Waals surface area contributed by atoms with Crippen LogP contribution in [0.5, 0.6) is 0 Å². The highest BCUT2D eigenvalue weighted by molar-refractivity contribution is 5.08. The fourth-order valence-electron chi connectivity index (χ4n) is 0.993. The lowest BCUT2D eigenvalue weighted by atomic mass is 10.2. The monoisotopic (exact) mass is 179 g/mol. The predicted molar refractivity (Wildman–Crippen MR) is 49.4 cm³/mol. The van der Waals surface area contributed by atoms with Crippen molar-refractivity contribution in [2.45, 2.75) is 26.3 Å². The van der Waals surface area contributed by atoms with Crippen LogP contribution >= 0.6 is 0 Å². The lowest BCUT2D eigenvalue weighted by Crippen LogP contribution is -2.27. The molecule has 0 saturated heterocycles. The van der Waals surface area contributed by atoms with Crippen molar-refractivity contribution < 1.29 is 4.42 Å². The summed E-state index contributed by atoms with van der Waals surface area (Å²) < 4.78 is 5.07. The van der Waals surface area contributed by atoms with E-state index in [0.717, 1.165) is 5.69 Å². The Morgan fingerprint density at radius 1 is 1.77 bits per heavy atom. The van der Waals surface area contributed by atoms with Crippen LogP contribution in [0, 0.1) is 18.8 Å². The van der Waals surface area contributed by atoms with Crippen LogP contribution in [0.25, 0.3) is 0 Å². The molecule has 0 radical (unpaired) electrons. The van der Waals surface area contributed by atoms with E-state index in [-0.39, 0.29) is 6.04 Å². The highest BCUT2D eigenvalue weighted by Crippen LogP contribution is 2.13. The minimum atomic E-state index is -0.0510. The summed E-state index contributed by atoms with van der Waals surface area (Å²) in [7, 11) is 0. The van der Waals surface area contributed by atoms with Gasteiger partial charge >= 0.3 is 0 Å². The number of oxazole rings is 1. The normalized spacial score (nSPS) is 11.9. The molecule has 1 rings (SSSR count). The number of nitrogens with one attached hydrogen (secondary N) is 1. The van der Waals surface area contributed by atoms with Crippen molar-refractivity contribution in [1.82, 2.24) is 10.4 Å². The molecule has 0 saturated carbocycles. The molecule has 0 bridgehead atoms. The van der Waals surface area contributed by atoms with Gasteiger partial charge in [-0.2, -0.15) is 0 Å². The van der Waals surface area contributed by atoms with E-state index >= 15 is 0 Å². The first kappa shape index (κ1) is 9.78. The second-order valence-corrected chi connectivity index (χ2v) is 2.64. The number of hydrazine groups is 1. The number of aromatic nitrogens is 1. The summed E-state index contributed by atoms with van der Waals surface area (Å²) in [5.41, 5.74) is 3.44. The minimum Gasteiger partial charge on any atom is -0.449 e. The van der Waals surface area contributed by atoms with E-state index in [1.54, 1.807) is 20.1 Å². The molecule has 0 spiro atoms. The Labute approximate surface area is 77.5 Å². The van der Waals surface area contributed by atoms with Crippen LogP contribution in [0.15, 0.2) is 10.7 Å². The van der Waals surface area contributed by atoms with Crippen molar-refractivity contribution in [3.63, 3.8) is 0 Å². The summed E-state index contributed by atoms with van der Waals surface area (Å²) in [6, 6.07) is -0.0510. The molecule has 0 fully saturated rings. The van der Waals surface area contributed by atoms with Gasteiger partial charge < -0.3 is 4.42 Å². The van der Waals surface area contributed by atoms with Gasteiger partial charge in [0.2, 0.25) is 0 Å². The first-order chi connectivity index (χ1) is 6.27. The van der Waals surface area contributed by atoms with Gasteiger partial charge in [-0.15, -0.1) is 11.8 Å². The summed E-state index contributed by atoms with van der Waals surface area (Å²) in [5.74, 6) is 11.7. The molecule has 0 amide bonds. The number of hydrogen-bond acceptors (Lipinski definition) is 4. The van der Waals surface area contributed by atoms with Gasteiger partial charge in [-0.05, 0) is 6.92 Å². The van der Waals surface area contributed by atoms with E-state index in [0.29, 0.717) is 12.3 Å². The molecule has 4 heteroatoms. The van der Waals surface area contributed by atoms with E-state index in [9.17, 15) is 0 Å². The Morgan fingerprint density at radius 3 is 3.00 bits per heavy atom. The first-order valence-electron chi connectivity index (χ1n) is 4.05. The van der Waals surface area contributed by atoms with E-state index < -0.39 is 0 Å². The largest absolute Gasteiger partial charge is 0.449 e. The first-order valence-corrected chi connectivity index (χ1v) is 4.05. The van der Waals surface area contributed by atoms with Crippen molar-refractivity contribution in [3.8, 4) is 11.8 Å². The maximum Gasteiger partial charge on any atom is 0.191 e. The highest BCUT2D eigenvalue weighted by atomic mass is 16.3. The number of hydrogen-bond donors (Lipinski definition) is 2. The molecule has 1 heterocycles. The van der Waals surface area contributed by atoms with Crippen molar-refractivity contribution in [3.05, 3.63) is 17.8 Å². The zero-order valence-corrected chi connectivity index (χ0v) is 7.79. The fraction of sp³-hybridized carbons (Fsp3) is 0.444. The molecule has 3 N–H and O–H groups in total. The fourth-order valence-corrected chi connectivity index (χ4v) is 0.993. The molecule has 0 aliphatic rings. The lowest BCUT2D eigenvalue weighted by molar-refractivity contribution is 0.513. The van der Waals surface area contributed by atoms with E-state index in [4.69, 9.17) is 10.3 Å². The predicted octanol–water partition coefficient (Wildman–Crippen LogP) is 0.901. The van der Waals surface area contributed by atoms with Crippen LogP contribution < -0.4 is 11.3 Å². The minimum absolute atomic E-state index is 0.0510. The molecule has 0 aliphatic carbocycles. The Kier molecular flexibility index (Phi) is 3.50. The van der Waals surface area contributed by atoms with Crippen molar-refractivity contribution in [2.75, 3.05) is 0 Å². The van der Waals surface area contributed by atoms with E-state index in [1.165, 1.54) is 0 Å². The average Bonchev–Trinajstić information content (AvgIpc) is 2.54. The summed E-state index contributed by atoms with van der Waals surface area (Å²) in [5, 5.41) is 0. The Bertz CT molecular complexity index is 321. The third-order valence-electron chi connectivity index (χ3n) is 1.68. The molecular formula is C9H13N3O. The SMILES string of the molecule is CC#CCC(NN)c1coc(C)n1. The van der Waals surface area contributed by atoms with Crippen molar-refractivity contribution in [2.24, 2.45) is 5.84 Å². The molecular weight excluding hydrogens is 166 g/mol. The summed E-state index contributed by atoms with van der Waals surface area (Å²) in [4.78, 5) is 4.16. The van der Waals surface area contributed by atoms with Gasteiger partial charge in [0.15, 0.2) is 5.89 Å². The Morgan fingerprint density at radius 2 is 2.54 bits per heavy atom. The van der Waals surface area contributed by atoms with E-state index in [2.05, 4.69) is 22.3 Å². The van der Waals surface area contributed by atoms with Crippen molar-refractivity contribution in [1.29, 1.82) is 0 Å². The number of rotatable bonds is 3. The van der Waals surface area contributed by atoms with Gasteiger partial charge in [-0.3, -0.25) is 11.3 Å². The number of nitrogens with two attached hydrogens (primary N) is 1. The van der Waals surface area contributed by atoms with Crippen LogP contribution in [-0.4, -0.2) is 4.98 Å². The van der Waals surface area contributed by atoms with Gasteiger partial charge in [0.25, 0.3) is 0 Å². The molecule has 0 aliphatic heterocycles. The average molecular weight is 179 g/mol. The van der Waals surface area contributed by atoms with Crippen LogP contribution in [0.4, 0.5) is 0 Å². The second-order valence-electron chi connectivity index (χ2n) is 2.64. The molecule has 13 heavy (non-hydrogen) atoms. The maximum atomic E-state index is 5.36. The molecule has 0 aromatic carbocycles. The molecule has 1 aromatic rings. The topological polar surface area (TPSA) is 64.1 Å². The highest BCUT2D eigenvalue weighted by Gasteiger charge is 2.11. The standard InChI is InChI=1S/C9H13N3O/c1-3-4-5-8(12-10)9-6-13-7(2)11-9/h6,8,12H,5,10H2,1-2H3. The summed E-state index contributed by atoms with van der Waals surface area (Å²) in [6.07, 6.45) is 2.23. The molecule has 1 aromatic heterocycles. The molecule has 70 valence electrons. The van der Waals surface area contributed by atoms with Crippen LogP contribution in [-0.2, 0) is 0 Å². The van der Waals surface area contributed by atoms with Gasteiger partial charge in [0.05, 0.1) is 11.7 Å². The molecule has 1 unspecified atom stereocenters. The molecule has 1 atom stereocenters. The van der Waals surface area contributed by atoms with E-state index in [1.807, 2.05) is 0 Å². The maximum absolute atomic E-state index is 5.36. The van der Waals surface area contributed by atoms with Gasteiger partial charge in [-0.1, -0.05) is 0 Å². The van der Waals surface area contributed by atoms with Crippen LogP contribution in [0.2, 0.25) is 0 Å². The van der Waals surface area contributed by atoms with Gasteiger partial charge in [0.1, 0.15) is 6.26 Å². The van der Waals surface area contributed by atoms with Gasteiger partial charge in [0, 0.05) is 13.3 Å². The Balaban J connectivity index is 2.70. The second kappa shape index (κ2) is 4.65. The van der Waals surface area contributed by atoms with Crippen molar-refractivity contribution >= 4 is 0 Å². The zero-order chi connectivity index (χ0) is 9.68. The Hall–Kier alpha value is -1.31. The third kappa shape index (κ3) is 2.58.